The van der Waals surface area contributed by atoms with Crippen molar-refractivity contribution in [3.05, 3.63) is 18.2 Å². The fourth-order valence-corrected chi connectivity index (χ4v) is 3.83. The Labute approximate surface area is 219 Å². The van der Waals surface area contributed by atoms with Crippen LogP contribution in [0.25, 0.3) is 0 Å². The molecule has 0 aromatic carbocycles. The van der Waals surface area contributed by atoms with Crippen LogP contribution in [0.5, 0.6) is 0 Å². The third-order valence-corrected chi connectivity index (χ3v) is 6.09. The van der Waals surface area contributed by atoms with Crippen LogP contribution in [0.4, 0.5) is 0 Å². The number of amides is 4. The van der Waals surface area contributed by atoms with Crippen LogP contribution in [0.3, 0.4) is 0 Å². The van der Waals surface area contributed by atoms with E-state index in [9.17, 15) is 29.1 Å². The number of carboxylic acid groups (broad SMARTS) is 1. The van der Waals surface area contributed by atoms with Gasteiger partial charge in [0.05, 0.1) is 12.4 Å². The van der Waals surface area contributed by atoms with E-state index in [-0.39, 0.29) is 32.1 Å². The molecule has 4 atom stereocenters. The minimum atomic E-state index is -1.25. The average molecular weight is 543 g/mol. The lowest BCUT2D eigenvalue weighted by Gasteiger charge is -2.25. The number of rotatable bonds is 19. The molecule has 0 saturated carbocycles. The highest BCUT2D eigenvalue weighted by Crippen LogP contribution is 2.07. The number of nitrogens with zero attached hydrogens (tertiary/aromatic N) is 1. The monoisotopic (exact) mass is 542 g/mol. The van der Waals surface area contributed by atoms with Crippen molar-refractivity contribution in [2.24, 2.45) is 17.2 Å². The number of H-pyrrole nitrogens is 1. The van der Waals surface area contributed by atoms with Gasteiger partial charge < -0.3 is 43.2 Å². The van der Waals surface area contributed by atoms with Crippen molar-refractivity contribution in [2.45, 2.75) is 69.1 Å². The molecule has 0 aliphatic rings. The topological polar surface area (TPSA) is 248 Å². The van der Waals surface area contributed by atoms with Crippen LogP contribution in [0.15, 0.2) is 12.5 Å². The summed E-state index contributed by atoms with van der Waals surface area (Å²) < 4.78 is 0. The number of hydrogen-bond donors (Lipinski definition) is 8. The van der Waals surface area contributed by atoms with E-state index in [0.29, 0.717) is 30.8 Å². The van der Waals surface area contributed by atoms with Gasteiger partial charge in [-0.05, 0) is 50.7 Å². The van der Waals surface area contributed by atoms with Gasteiger partial charge in [0.2, 0.25) is 23.6 Å². The van der Waals surface area contributed by atoms with Gasteiger partial charge in [0.15, 0.2) is 0 Å². The van der Waals surface area contributed by atoms with Crippen molar-refractivity contribution in [3.63, 3.8) is 0 Å². The van der Waals surface area contributed by atoms with Crippen molar-refractivity contribution >= 4 is 41.4 Å². The summed E-state index contributed by atoms with van der Waals surface area (Å²) in [5.74, 6) is -3.46. The number of carboxylic acids is 1. The number of aromatic nitrogens is 2. The molecule has 11 N–H and O–H groups in total. The highest BCUT2D eigenvalue weighted by molar-refractivity contribution is 7.98. The maximum atomic E-state index is 13.1. The largest absolute Gasteiger partial charge is 0.480 e. The zero-order valence-electron chi connectivity index (χ0n) is 20.9. The van der Waals surface area contributed by atoms with Gasteiger partial charge in [-0.1, -0.05) is 0 Å². The van der Waals surface area contributed by atoms with Crippen molar-refractivity contribution in [1.29, 1.82) is 0 Å². The second-order valence-corrected chi connectivity index (χ2v) is 9.47. The molecule has 0 aliphatic carbocycles. The molecule has 14 nitrogen and oxygen atoms in total. The van der Waals surface area contributed by atoms with Crippen LogP contribution < -0.4 is 33.2 Å². The Bertz CT molecular complexity index is 885. The Balaban J connectivity index is 2.96. The molecule has 15 heteroatoms. The molecule has 0 radical (unpaired) electrons. The second kappa shape index (κ2) is 17.3. The summed E-state index contributed by atoms with van der Waals surface area (Å²) in [5.41, 5.74) is 17.4. The molecular weight excluding hydrogens is 504 g/mol. The summed E-state index contributed by atoms with van der Waals surface area (Å²) in [6, 6.07) is -4.42. The van der Waals surface area contributed by atoms with E-state index in [2.05, 4.69) is 25.9 Å². The number of aromatic amines is 1. The lowest BCUT2D eigenvalue weighted by atomic mass is 10.0. The van der Waals surface area contributed by atoms with Gasteiger partial charge in [-0.3, -0.25) is 19.2 Å². The molecule has 1 rings (SSSR count). The number of nitrogens with two attached hydrogens (primary N) is 3. The number of unbranched alkanes of at least 4 members (excludes halogenated alkanes) is 1. The molecule has 208 valence electrons. The third kappa shape index (κ3) is 12.6. The molecule has 0 fully saturated rings. The maximum Gasteiger partial charge on any atom is 0.326 e. The molecule has 1 aromatic heterocycles. The molecule has 37 heavy (non-hydrogen) atoms. The molecule has 0 bridgehead atoms. The number of nitrogens with one attached hydrogen (secondary N) is 4. The van der Waals surface area contributed by atoms with Crippen molar-refractivity contribution in [3.8, 4) is 0 Å². The van der Waals surface area contributed by atoms with E-state index in [4.69, 9.17) is 17.2 Å². The molecule has 1 aromatic rings. The predicted octanol–water partition coefficient (Wildman–Crippen LogP) is -2.03. The predicted molar refractivity (Wildman–Crippen MR) is 138 cm³/mol. The van der Waals surface area contributed by atoms with E-state index in [0.717, 1.165) is 0 Å². The quantitative estimate of drug-likeness (QED) is 0.0890. The SMILES string of the molecule is CSCCC(NC(=O)C(CCC(N)=O)NC(=O)C(CCCCN)NC(=O)C(N)Cc1cnc[nH]1)C(=O)O. The Kier molecular flexibility index (Phi) is 14.9. The summed E-state index contributed by atoms with van der Waals surface area (Å²) >= 11 is 1.42. The molecule has 0 spiro atoms. The average Bonchev–Trinajstić information content (AvgIpc) is 3.36. The normalized spacial score (nSPS) is 14.1. The number of primary amides is 1. The van der Waals surface area contributed by atoms with Crippen molar-refractivity contribution < 1.29 is 29.1 Å². The molecule has 1 heterocycles. The second-order valence-electron chi connectivity index (χ2n) is 8.48. The van der Waals surface area contributed by atoms with E-state index in [1.165, 1.54) is 24.3 Å². The Hall–Kier alpha value is -3.17. The zero-order chi connectivity index (χ0) is 27.8. The van der Waals surface area contributed by atoms with E-state index < -0.39 is 53.8 Å². The number of carbonyl (C=O) groups is 5. The van der Waals surface area contributed by atoms with Crippen molar-refractivity contribution in [2.75, 3.05) is 18.6 Å². The van der Waals surface area contributed by atoms with Gasteiger partial charge in [0.25, 0.3) is 0 Å². The van der Waals surface area contributed by atoms with Gasteiger partial charge in [-0.15, -0.1) is 0 Å². The molecule has 0 aliphatic heterocycles. The van der Waals surface area contributed by atoms with E-state index >= 15 is 0 Å². The highest BCUT2D eigenvalue weighted by atomic mass is 32.2. The summed E-state index contributed by atoms with van der Waals surface area (Å²) in [7, 11) is 0. The number of aliphatic carboxylic acids is 1. The Morgan fingerprint density at radius 2 is 1.62 bits per heavy atom. The minimum Gasteiger partial charge on any atom is -0.480 e. The fraction of sp³-hybridized carbons (Fsp3) is 0.636. The summed E-state index contributed by atoms with van der Waals surface area (Å²) in [4.78, 5) is 68.3. The minimum absolute atomic E-state index is 0.148. The molecule has 4 unspecified atom stereocenters. The van der Waals surface area contributed by atoms with Gasteiger partial charge in [0.1, 0.15) is 18.1 Å². The van der Waals surface area contributed by atoms with E-state index in [1.807, 2.05) is 0 Å². The molecule has 4 amide bonds. The first-order chi connectivity index (χ1) is 17.6. The van der Waals surface area contributed by atoms with Crippen LogP contribution in [0.2, 0.25) is 0 Å². The zero-order valence-corrected chi connectivity index (χ0v) is 21.7. The van der Waals surface area contributed by atoms with Crippen LogP contribution in [-0.2, 0) is 30.4 Å². The Morgan fingerprint density at radius 3 is 2.16 bits per heavy atom. The first-order valence-electron chi connectivity index (χ1n) is 11.9. The fourth-order valence-electron chi connectivity index (χ4n) is 3.36. The number of imidazole rings is 1. The molecule has 0 saturated heterocycles. The van der Waals surface area contributed by atoms with Gasteiger partial charge in [-0.25, -0.2) is 9.78 Å². The van der Waals surface area contributed by atoms with Gasteiger partial charge in [0, 0.05) is 24.7 Å². The summed E-state index contributed by atoms with van der Waals surface area (Å²) in [5, 5.41) is 17.0. The highest BCUT2D eigenvalue weighted by Gasteiger charge is 2.30. The number of carbonyl (C=O) groups excluding carboxylic acids is 4. The van der Waals surface area contributed by atoms with Gasteiger partial charge >= 0.3 is 5.97 Å². The Morgan fingerprint density at radius 1 is 1.00 bits per heavy atom. The summed E-state index contributed by atoms with van der Waals surface area (Å²) in [6.07, 6.45) is 6.09. The molecular formula is C22H38N8O6S. The number of hydrogen-bond acceptors (Lipinski definition) is 9. The third-order valence-electron chi connectivity index (χ3n) is 5.45. The lowest BCUT2D eigenvalue weighted by molar-refractivity contribution is -0.142. The smallest absolute Gasteiger partial charge is 0.326 e. The lowest BCUT2D eigenvalue weighted by Crippen LogP contribution is -2.57. The van der Waals surface area contributed by atoms with Crippen molar-refractivity contribution in [1.82, 2.24) is 25.9 Å². The number of thioether (sulfide) groups is 1. The standard InChI is InChI=1S/C22H38N8O6S/c1-37-9-7-17(22(35)36)30-21(34)16(5-6-18(25)31)29-20(33)15(4-2-3-8-23)28-19(32)14(24)10-13-11-26-12-27-13/h11-12,14-17H,2-10,23-24H2,1H3,(H2,25,31)(H,26,27)(H,28,32)(H,29,33)(H,30,34)(H,35,36). The van der Waals surface area contributed by atoms with E-state index in [1.54, 1.807) is 6.26 Å². The maximum absolute atomic E-state index is 13.1. The first kappa shape index (κ1) is 31.9. The summed E-state index contributed by atoms with van der Waals surface area (Å²) in [6.45, 7) is 0.387. The first-order valence-corrected chi connectivity index (χ1v) is 13.3. The van der Waals surface area contributed by atoms with Gasteiger partial charge in [-0.2, -0.15) is 11.8 Å². The van der Waals surface area contributed by atoms with Crippen LogP contribution in [0.1, 0.15) is 44.2 Å². The van der Waals surface area contributed by atoms with Crippen LogP contribution in [-0.4, -0.2) is 87.4 Å². The van der Waals surface area contributed by atoms with Crippen LogP contribution >= 0.6 is 11.8 Å². The van der Waals surface area contributed by atoms with Crippen LogP contribution in [0, 0.1) is 0 Å².